The first-order valence-electron chi connectivity index (χ1n) is 2.77. The zero-order valence-electron chi connectivity index (χ0n) is 6.06. The van der Waals surface area contributed by atoms with Crippen LogP contribution in [0.4, 0.5) is 0 Å². The van der Waals surface area contributed by atoms with Crippen LogP contribution in [0.25, 0.3) is 0 Å². The molecule has 0 aromatic rings. The summed E-state index contributed by atoms with van der Waals surface area (Å²) < 4.78 is 4.77. The van der Waals surface area contributed by atoms with Crippen molar-refractivity contribution in [2.24, 2.45) is 0 Å². The first-order chi connectivity index (χ1) is 3.56. The van der Waals surface area contributed by atoms with Gasteiger partial charge in [0, 0.05) is 0 Å². The van der Waals surface area contributed by atoms with E-state index in [2.05, 4.69) is 25.3 Å². The maximum Gasteiger partial charge on any atom is 0.0766 e. The zero-order valence-corrected chi connectivity index (χ0v) is 7.06. The predicted octanol–water partition coefficient (Wildman–Crippen LogP) is 2.02. The molecule has 0 amide bonds. The average molecular weight is 130 g/mol. The molecule has 0 aliphatic carbocycles. The van der Waals surface area contributed by atoms with Crippen LogP contribution in [0.15, 0.2) is 12.0 Å². The van der Waals surface area contributed by atoms with Crippen molar-refractivity contribution in [1.29, 1.82) is 0 Å². The van der Waals surface area contributed by atoms with Gasteiger partial charge < -0.3 is 4.74 Å². The molecule has 8 heavy (non-hydrogen) atoms. The lowest BCUT2D eigenvalue weighted by molar-refractivity contribution is 0.338. The quantitative estimate of drug-likeness (QED) is 0.410. The van der Waals surface area contributed by atoms with Gasteiger partial charge in [-0.1, -0.05) is 25.3 Å². The van der Waals surface area contributed by atoms with E-state index in [9.17, 15) is 0 Å². The maximum atomic E-state index is 4.77. The molecule has 0 rings (SSSR count). The van der Waals surface area contributed by atoms with Crippen LogP contribution >= 0.6 is 0 Å². The summed E-state index contributed by atoms with van der Waals surface area (Å²) in [5, 5.41) is 0. The molecule has 0 aromatic heterocycles. The largest absolute Gasteiger partial charge is 0.505 e. The maximum absolute atomic E-state index is 4.77. The summed E-state index contributed by atoms with van der Waals surface area (Å²) in [5.41, 5.74) is 2.16. The van der Waals surface area contributed by atoms with E-state index in [-0.39, 0.29) is 0 Å². The van der Waals surface area contributed by atoms with Gasteiger partial charge >= 0.3 is 0 Å². The molecule has 0 saturated carbocycles. The van der Waals surface area contributed by atoms with Gasteiger partial charge in [-0.15, -0.1) is 0 Å². The van der Waals surface area contributed by atoms with Crippen molar-refractivity contribution >= 4 is 8.07 Å². The Morgan fingerprint density at radius 1 is 1.25 bits per heavy atom. The molecule has 0 heterocycles. The molecule has 0 aliphatic heterocycles. The summed E-state index contributed by atoms with van der Waals surface area (Å²) in [4.78, 5) is 0. The molecule has 0 saturated heterocycles. The van der Waals surface area contributed by atoms with Crippen molar-refractivity contribution in [2.75, 3.05) is 7.11 Å². The van der Waals surface area contributed by atoms with Gasteiger partial charge in [-0.2, -0.15) is 0 Å². The molecule has 0 radical (unpaired) electrons. The van der Waals surface area contributed by atoms with Crippen molar-refractivity contribution in [3.8, 4) is 0 Å². The van der Waals surface area contributed by atoms with E-state index in [0.717, 1.165) is 0 Å². The van der Waals surface area contributed by atoms with E-state index in [1.807, 2.05) is 0 Å². The zero-order chi connectivity index (χ0) is 6.62. The van der Waals surface area contributed by atoms with E-state index in [4.69, 9.17) is 4.74 Å². The molecule has 0 unspecified atom stereocenters. The Kier molecular flexibility index (Phi) is 2.83. The van der Waals surface area contributed by atoms with E-state index in [0.29, 0.717) is 0 Å². The van der Waals surface area contributed by atoms with Crippen LogP contribution in [-0.4, -0.2) is 15.2 Å². The second-order valence-electron chi connectivity index (χ2n) is 2.90. The molecule has 0 fully saturated rings. The third kappa shape index (κ3) is 5.76. The summed E-state index contributed by atoms with van der Waals surface area (Å²) in [6.07, 6.45) is 1.77. The normalized spacial score (nSPS) is 12.5. The second-order valence-corrected chi connectivity index (χ2v) is 7.97. The summed E-state index contributed by atoms with van der Waals surface area (Å²) in [5.74, 6) is 0. The van der Waals surface area contributed by atoms with Crippen LogP contribution in [0.3, 0.4) is 0 Å². The van der Waals surface area contributed by atoms with Gasteiger partial charge in [0.25, 0.3) is 0 Å². The molecule has 1 nitrogen and oxygen atoms in total. The second kappa shape index (κ2) is 2.92. The van der Waals surface area contributed by atoms with E-state index in [1.165, 1.54) is 0 Å². The predicted molar refractivity (Wildman–Crippen MR) is 39.5 cm³/mol. The molecule has 0 atom stereocenters. The minimum atomic E-state index is -0.984. The summed E-state index contributed by atoms with van der Waals surface area (Å²) >= 11 is 0. The third-order valence-corrected chi connectivity index (χ3v) is 1.84. The fourth-order valence-corrected chi connectivity index (χ4v) is 0.816. The fraction of sp³-hybridized carbons (Fsp3) is 0.667. The Balaban J connectivity index is 3.52. The molecule has 0 aromatic carbocycles. The van der Waals surface area contributed by atoms with Gasteiger partial charge in [0.05, 0.1) is 21.4 Å². The average Bonchev–Trinajstić information content (AvgIpc) is 1.59. The van der Waals surface area contributed by atoms with Gasteiger partial charge in [-0.05, 0) is 0 Å². The van der Waals surface area contributed by atoms with Crippen LogP contribution in [0.2, 0.25) is 19.6 Å². The van der Waals surface area contributed by atoms with Crippen molar-refractivity contribution in [3.05, 3.63) is 12.0 Å². The van der Waals surface area contributed by atoms with Gasteiger partial charge in [0.2, 0.25) is 0 Å². The first kappa shape index (κ1) is 7.76. The Labute approximate surface area is 52.4 Å². The number of hydrogen-bond donors (Lipinski definition) is 0. The molecule has 0 spiro atoms. The Hall–Kier alpha value is -0.243. The molecule has 0 N–H and O–H groups in total. The van der Waals surface area contributed by atoms with Crippen LogP contribution in [0.1, 0.15) is 0 Å². The van der Waals surface area contributed by atoms with E-state index >= 15 is 0 Å². The smallest absolute Gasteiger partial charge is 0.0766 e. The number of methoxy groups -OCH3 is 1. The van der Waals surface area contributed by atoms with Gasteiger partial charge in [-0.25, -0.2) is 0 Å². The fourth-order valence-electron chi connectivity index (χ4n) is 0.272. The number of ether oxygens (including phenoxy) is 1. The van der Waals surface area contributed by atoms with Crippen LogP contribution in [0.5, 0.6) is 0 Å². The van der Waals surface area contributed by atoms with Crippen molar-refractivity contribution in [1.82, 2.24) is 0 Å². The topological polar surface area (TPSA) is 9.23 Å². The lowest BCUT2D eigenvalue weighted by Crippen LogP contribution is -2.15. The third-order valence-electron chi connectivity index (χ3n) is 0.704. The monoisotopic (exact) mass is 130 g/mol. The van der Waals surface area contributed by atoms with Gasteiger partial charge in [0.1, 0.15) is 0 Å². The highest BCUT2D eigenvalue weighted by Gasteiger charge is 2.05. The molecule has 48 valence electrons. The minimum absolute atomic E-state index is 0.984. The van der Waals surface area contributed by atoms with Crippen molar-refractivity contribution in [3.63, 3.8) is 0 Å². The Morgan fingerprint density at radius 3 is 1.88 bits per heavy atom. The molecule has 2 heteroatoms. The molecule has 0 aliphatic rings. The van der Waals surface area contributed by atoms with E-state index < -0.39 is 8.07 Å². The molecular formula is C6H14OSi. The van der Waals surface area contributed by atoms with Gasteiger partial charge in [-0.3, -0.25) is 0 Å². The van der Waals surface area contributed by atoms with Crippen LogP contribution < -0.4 is 0 Å². The highest BCUT2D eigenvalue weighted by Crippen LogP contribution is 2.00. The summed E-state index contributed by atoms with van der Waals surface area (Å²) in [6.45, 7) is 6.80. The Morgan fingerprint density at radius 2 is 1.75 bits per heavy atom. The minimum Gasteiger partial charge on any atom is -0.505 e. The van der Waals surface area contributed by atoms with Crippen molar-refractivity contribution < 1.29 is 4.74 Å². The standard InChI is InChI=1S/C6H14OSi/c1-7-5-6-8(2,3)4/h5-6H,1-4H3/b6-5+. The lowest BCUT2D eigenvalue weighted by atomic mass is 11.1. The summed E-state index contributed by atoms with van der Waals surface area (Å²) in [6, 6.07) is 0. The highest BCUT2D eigenvalue weighted by atomic mass is 28.3. The van der Waals surface area contributed by atoms with Crippen molar-refractivity contribution in [2.45, 2.75) is 19.6 Å². The SMILES string of the molecule is CO/C=C/[Si](C)(C)C. The number of hydrogen-bond acceptors (Lipinski definition) is 1. The van der Waals surface area contributed by atoms with Crippen LogP contribution in [0, 0.1) is 0 Å². The van der Waals surface area contributed by atoms with E-state index in [1.54, 1.807) is 13.4 Å². The number of rotatable bonds is 2. The van der Waals surface area contributed by atoms with Gasteiger partial charge in [0.15, 0.2) is 0 Å². The first-order valence-corrected chi connectivity index (χ1v) is 6.34. The highest BCUT2D eigenvalue weighted by molar-refractivity contribution is 6.80. The Bertz CT molecular complexity index is 81.0. The van der Waals surface area contributed by atoms with Crippen LogP contribution in [-0.2, 0) is 4.74 Å². The molecule has 0 bridgehead atoms. The lowest BCUT2D eigenvalue weighted by Gasteiger charge is -2.06. The molecular weight excluding hydrogens is 116 g/mol. The summed E-state index contributed by atoms with van der Waals surface area (Å²) in [7, 11) is 0.693.